The molecule has 0 saturated carbocycles. The van der Waals surface area contributed by atoms with Crippen molar-refractivity contribution in [2.75, 3.05) is 19.0 Å². The molecule has 3 aromatic rings. The van der Waals surface area contributed by atoms with E-state index in [2.05, 4.69) is 10.6 Å². The molecule has 27 heavy (non-hydrogen) atoms. The Morgan fingerprint density at radius 2 is 1.93 bits per heavy atom. The standard InChI is InChI=1S/C20H21N3O4/c1-23-10-9-13-11-14(7-8-16(13)23)17(24)12-21-19(25)20(26)22-15-5-3-4-6-18(15)27-2/h3-11,17,24H,12H2,1-2H3,(H,21,25)(H,22,26)/t17-/m0/s1. The molecule has 0 aliphatic rings. The van der Waals surface area contributed by atoms with E-state index in [9.17, 15) is 14.7 Å². The summed E-state index contributed by atoms with van der Waals surface area (Å²) in [5.74, 6) is -1.21. The molecule has 140 valence electrons. The zero-order chi connectivity index (χ0) is 19.4. The zero-order valence-electron chi connectivity index (χ0n) is 15.1. The second-order valence-corrected chi connectivity index (χ2v) is 6.13. The number of aryl methyl sites for hydroxylation is 1. The number of hydrogen-bond donors (Lipinski definition) is 3. The Morgan fingerprint density at radius 1 is 1.15 bits per heavy atom. The van der Waals surface area contributed by atoms with Gasteiger partial charge in [0.15, 0.2) is 0 Å². The van der Waals surface area contributed by atoms with E-state index in [1.54, 1.807) is 30.3 Å². The largest absolute Gasteiger partial charge is 0.495 e. The van der Waals surface area contributed by atoms with Gasteiger partial charge in [-0.25, -0.2) is 0 Å². The van der Waals surface area contributed by atoms with Crippen molar-refractivity contribution < 1.29 is 19.4 Å². The van der Waals surface area contributed by atoms with E-state index in [0.29, 0.717) is 17.0 Å². The van der Waals surface area contributed by atoms with Gasteiger partial charge in [-0.1, -0.05) is 18.2 Å². The summed E-state index contributed by atoms with van der Waals surface area (Å²) in [6, 6.07) is 14.3. The van der Waals surface area contributed by atoms with Crippen molar-refractivity contribution in [1.29, 1.82) is 0 Å². The first-order chi connectivity index (χ1) is 13.0. The fourth-order valence-electron chi connectivity index (χ4n) is 2.82. The third-order valence-corrected chi connectivity index (χ3v) is 4.31. The van der Waals surface area contributed by atoms with Gasteiger partial charge in [0.2, 0.25) is 0 Å². The highest BCUT2D eigenvalue weighted by atomic mass is 16.5. The first-order valence-electron chi connectivity index (χ1n) is 8.45. The number of carbonyl (C=O) groups is 2. The molecule has 2 amide bonds. The number of carbonyl (C=O) groups excluding carboxylic acids is 2. The number of benzene rings is 2. The summed E-state index contributed by atoms with van der Waals surface area (Å²) in [6.07, 6.45) is 1.02. The number of nitrogens with zero attached hydrogens (tertiary/aromatic N) is 1. The van der Waals surface area contributed by atoms with Gasteiger partial charge in [0.1, 0.15) is 5.75 Å². The molecule has 0 bridgehead atoms. The van der Waals surface area contributed by atoms with Crippen LogP contribution in [-0.4, -0.2) is 35.1 Å². The van der Waals surface area contributed by atoms with Crippen LogP contribution < -0.4 is 15.4 Å². The lowest BCUT2D eigenvalue weighted by Gasteiger charge is -2.13. The molecule has 0 fully saturated rings. The van der Waals surface area contributed by atoms with Crippen LogP contribution in [0.25, 0.3) is 10.9 Å². The predicted molar refractivity (Wildman–Crippen MR) is 103 cm³/mol. The molecule has 0 aliphatic carbocycles. The van der Waals surface area contributed by atoms with Gasteiger partial charge >= 0.3 is 11.8 Å². The molecule has 0 aliphatic heterocycles. The molecular formula is C20H21N3O4. The van der Waals surface area contributed by atoms with Gasteiger partial charge in [-0.2, -0.15) is 0 Å². The highest BCUT2D eigenvalue weighted by molar-refractivity contribution is 6.39. The second kappa shape index (κ2) is 7.92. The van der Waals surface area contributed by atoms with Gasteiger partial charge < -0.3 is 25.0 Å². The van der Waals surface area contributed by atoms with E-state index in [1.807, 2.05) is 36.0 Å². The molecule has 1 heterocycles. The summed E-state index contributed by atoms with van der Waals surface area (Å²) in [7, 11) is 3.42. The van der Waals surface area contributed by atoms with Gasteiger partial charge in [0, 0.05) is 25.3 Å². The first kappa shape index (κ1) is 18.5. The van der Waals surface area contributed by atoms with E-state index < -0.39 is 17.9 Å². The smallest absolute Gasteiger partial charge is 0.313 e. The number of aliphatic hydroxyl groups is 1. The number of amides is 2. The quantitative estimate of drug-likeness (QED) is 0.601. The maximum absolute atomic E-state index is 12.0. The summed E-state index contributed by atoms with van der Waals surface area (Å²) in [5.41, 5.74) is 2.11. The molecule has 1 atom stereocenters. The third kappa shape index (κ3) is 4.09. The molecule has 0 radical (unpaired) electrons. The number of fused-ring (bicyclic) bond motifs is 1. The highest BCUT2D eigenvalue weighted by Crippen LogP contribution is 2.23. The summed E-state index contributed by atoms with van der Waals surface area (Å²) < 4.78 is 7.11. The predicted octanol–water partition coefficient (Wildman–Crippen LogP) is 1.98. The van der Waals surface area contributed by atoms with Crippen LogP contribution in [0.5, 0.6) is 5.75 Å². The minimum Gasteiger partial charge on any atom is -0.495 e. The number of para-hydroxylation sites is 2. The van der Waals surface area contributed by atoms with Gasteiger partial charge in [0.05, 0.1) is 18.9 Å². The number of hydrogen-bond acceptors (Lipinski definition) is 4. The first-order valence-corrected chi connectivity index (χ1v) is 8.45. The van der Waals surface area contributed by atoms with Crippen molar-refractivity contribution in [2.24, 2.45) is 7.05 Å². The van der Waals surface area contributed by atoms with Crippen LogP contribution in [-0.2, 0) is 16.6 Å². The normalized spacial score (nSPS) is 11.8. The number of ether oxygens (including phenoxy) is 1. The zero-order valence-corrected chi connectivity index (χ0v) is 15.1. The van der Waals surface area contributed by atoms with E-state index in [0.717, 1.165) is 10.9 Å². The van der Waals surface area contributed by atoms with Gasteiger partial charge in [-0.05, 0) is 41.3 Å². The summed E-state index contributed by atoms with van der Waals surface area (Å²) >= 11 is 0. The van der Waals surface area contributed by atoms with E-state index in [-0.39, 0.29) is 6.54 Å². The molecule has 7 nitrogen and oxygen atoms in total. The van der Waals surface area contributed by atoms with Crippen LogP contribution >= 0.6 is 0 Å². The molecule has 0 saturated heterocycles. The van der Waals surface area contributed by atoms with Crippen molar-refractivity contribution in [3.63, 3.8) is 0 Å². The second-order valence-electron chi connectivity index (χ2n) is 6.13. The lowest BCUT2D eigenvalue weighted by Crippen LogP contribution is -2.37. The Morgan fingerprint density at radius 3 is 2.70 bits per heavy atom. The monoisotopic (exact) mass is 367 g/mol. The van der Waals surface area contributed by atoms with Gasteiger partial charge in [0.25, 0.3) is 0 Å². The Kier molecular flexibility index (Phi) is 5.42. The minimum absolute atomic E-state index is 0.0729. The Hall–Kier alpha value is -3.32. The Bertz CT molecular complexity index is 980. The van der Waals surface area contributed by atoms with Crippen molar-refractivity contribution in [3.05, 3.63) is 60.3 Å². The van der Waals surface area contributed by atoms with Crippen LogP contribution in [0.2, 0.25) is 0 Å². The fraction of sp³-hybridized carbons (Fsp3) is 0.200. The number of methoxy groups -OCH3 is 1. The van der Waals surface area contributed by atoms with Crippen LogP contribution in [0, 0.1) is 0 Å². The SMILES string of the molecule is COc1ccccc1NC(=O)C(=O)NC[C@H](O)c1ccc2c(ccn2C)c1. The average Bonchev–Trinajstić information content (AvgIpc) is 3.06. The van der Waals surface area contributed by atoms with Crippen molar-refractivity contribution in [2.45, 2.75) is 6.10 Å². The molecular weight excluding hydrogens is 346 g/mol. The maximum atomic E-state index is 12.0. The van der Waals surface area contributed by atoms with Crippen LogP contribution in [0.3, 0.4) is 0 Å². The Balaban J connectivity index is 1.59. The molecule has 2 aromatic carbocycles. The fourth-order valence-corrected chi connectivity index (χ4v) is 2.82. The summed E-state index contributed by atoms with van der Waals surface area (Å²) in [5, 5.41) is 16.2. The van der Waals surface area contributed by atoms with Crippen molar-refractivity contribution >= 4 is 28.4 Å². The molecule has 0 unspecified atom stereocenters. The number of nitrogens with one attached hydrogen (secondary N) is 2. The number of rotatable bonds is 5. The molecule has 0 spiro atoms. The summed E-state index contributed by atoms with van der Waals surface area (Å²) in [6.45, 7) is -0.0729. The highest BCUT2D eigenvalue weighted by Gasteiger charge is 2.17. The summed E-state index contributed by atoms with van der Waals surface area (Å²) in [4.78, 5) is 24.1. The molecule has 3 N–H and O–H groups in total. The molecule has 1 aromatic heterocycles. The van der Waals surface area contributed by atoms with Crippen LogP contribution in [0.1, 0.15) is 11.7 Å². The lowest BCUT2D eigenvalue weighted by atomic mass is 10.1. The van der Waals surface area contributed by atoms with Crippen LogP contribution in [0.4, 0.5) is 5.69 Å². The number of aliphatic hydroxyl groups excluding tert-OH is 1. The van der Waals surface area contributed by atoms with E-state index in [1.165, 1.54) is 7.11 Å². The topological polar surface area (TPSA) is 92.6 Å². The Labute approximate surface area is 156 Å². The lowest BCUT2D eigenvalue weighted by molar-refractivity contribution is -0.136. The third-order valence-electron chi connectivity index (χ3n) is 4.31. The van der Waals surface area contributed by atoms with Crippen LogP contribution in [0.15, 0.2) is 54.7 Å². The minimum atomic E-state index is -0.919. The van der Waals surface area contributed by atoms with Crippen molar-refractivity contribution in [3.8, 4) is 5.75 Å². The van der Waals surface area contributed by atoms with E-state index in [4.69, 9.17) is 4.74 Å². The number of aromatic nitrogens is 1. The van der Waals surface area contributed by atoms with Gasteiger partial charge in [-0.15, -0.1) is 0 Å². The molecule has 3 rings (SSSR count). The average molecular weight is 367 g/mol. The van der Waals surface area contributed by atoms with Gasteiger partial charge in [-0.3, -0.25) is 9.59 Å². The molecule has 7 heteroatoms. The number of anilines is 1. The maximum Gasteiger partial charge on any atom is 0.313 e. The van der Waals surface area contributed by atoms with E-state index >= 15 is 0 Å². The van der Waals surface area contributed by atoms with Crippen molar-refractivity contribution in [1.82, 2.24) is 9.88 Å².